The van der Waals surface area contributed by atoms with Crippen molar-refractivity contribution in [1.29, 1.82) is 0 Å². The molecule has 0 unspecified atom stereocenters. The molecule has 116 valence electrons. The molecule has 0 atom stereocenters. The first-order chi connectivity index (χ1) is 10.6. The average molecular weight is 368 g/mol. The number of aromatic nitrogens is 1. The zero-order valence-corrected chi connectivity index (χ0v) is 13.3. The molecule has 0 spiro atoms. The lowest BCUT2D eigenvalue weighted by Crippen LogP contribution is -2.36. The number of carbonyl (C=O) groups is 2. The number of rotatable bonds is 6. The summed E-state index contributed by atoms with van der Waals surface area (Å²) in [4.78, 5) is 27.5. The third-order valence-corrected chi connectivity index (χ3v) is 3.15. The van der Waals surface area contributed by atoms with Gasteiger partial charge in [-0.3, -0.25) is 9.59 Å². The number of furan rings is 1. The molecule has 2 rings (SSSR count). The summed E-state index contributed by atoms with van der Waals surface area (Å²) in [7, 11) is 1.51. The standard InChI is InChI=1S/C14H14BrN3O4/c1-21-14-9(3-2-6-16-14)7-17-12(19)8-18-13(20)10-4-5-11(15)22-10/h2-6H,7-8H2,1H3,(H,17,19)(H,18,20). The number of hydrogen-bond acceptors (Lipinski definition) is 5. The van der Waals surface area contributed by atoms with Crippen LogP contribution in [0.4, 0.5) is 0 Å². The van der Waals surface area contributed by atoms with E-state index in [-0.39, 0.29) is 24.8 Å². The number of halogens is 1. The van der Waals surface area contributed by atoms with Crippen LogP contribution in [0.1, 0.15) is 16.1 Å². The lowest BCUT2D eigenvalue weighted by atomic mass is 10.2. The van der Waals surface area contributed by atoms with Crippen molar-refractivity contribution in [2.45, 2.75) is 6.54 Å². The molecule has 0 bridgehead atoms. The van der Waals surface area contributed by atoms with Gasteiger partial charge in [0.1, 0.15) is 0 Å². The van der Waals surface area contributed by atoms with Gasteiger partial charge in [0.2, 0.25) is 11.8 Å². The van der Waals surface area contributed by atoms with Crippen LogP contribution in [0, 0.1) is 0 Å². The van der Waals surface area contributed by atoms with Crippen molar-refractivity contribution < 1.29 is 18.7 Å². The number of ether oxygens (including phenoxy) is 1. The van der Waals surface area contributed by atoms with Gasteiger partial charge in [-0.25, -0.2) is 4.98 Å². The molecule has 0 aromatic carbocycles. The fraction of sp³-hybridized carbons (Fsp3) is 0.214. The molecule has 8 heteroatoms. The maximum absolute atomic E-state index is 11.7. The second kappa shape index (κ2) is 7.60. The SMILES string of the molecule is COc1ncccc1CNC(=O)CNC(=O)c1ccc(Br)o1. The van der Waals surface area contributed by atoms with Crippen LogP contribution in [0.15, 0.2) is 39.5 Å². The second-order valence-electron chi connectivity index (χ2n) is 4.23. The Bertz CT molecular complexity index is 672. The van der Waals surface area contributed by atoms with Crippen molar-refractivity contribution in [1.82, 2.24) is 15.6 Å². The lowest BCUT2D eigenvalue weighted by Gasteiger charge is -2.08. The Morgan fingerprint density at radius 2 is 2.14 bits per heavy atom. The van der Waals surface area contributed by atoms with Crippen LogP contribution in [-0.4, -0.2) is 30.5 Å². The van der Waals surface area contributed by atoms with Crippen molar-refractivity contribution in [3.05, 3.63) is 46.5 Å². The number of nitrogens with one attached hydrogen (secondary N) is 2. The normalized spacial score (nSPS) is 10.1. The van der Waals surface area contributed by atoms with E-state index in [1.165, 1.54) is 13.2 Å². The van der Waals surface area contributed by atoms with E-state index < -0.39 is 5.91 Å². The first-order valence-electron chi connectivity index (χ1n) is 6.38. The molecule has 0 aliphatic carbocycles. The largest absolute Gasteiger partial charge is 0.481 e. The van der Waals surface area contributed by atoms with Crippen molar-refractivity contribution in [2.24, 2.45) is 0 Å². The summed E-state index contributed by atoms with van der Waals surface area (Å²) in [6.45, 7) is 0.109. The predicted molar refractivity (Wildman–Crippen MR) is 81.4 cm³/mol. The number of carbonyl (C=O) groups excluding carboxylic acids is 2. The van der Waals surface area contributed by atoms with Gasteiger partial charge in [0.15, 0.2) is 10.4 Å². The molecule has 2 aromatic rings. The summed E-state index contributed by atoms with van der Waals surface area (Å²) in [6, 6.07) is 6.66. The van der Waals surface area contributed by atoms with Crippen LogP contribution in [0.3, 0.4) is 0 Å². The molecule has 2 N–H and O–H groups in total. The van der Waals surface area contributed by atoms with E-state index in [2.05, 4.69) is 31.5 Å². The molecule has 0 saturated carbocycles. The highest BCUT2D eigenvalue weighted by molar-refractivity contribution is 9.10. The summed E-state index contributed by atoms with van der Waals surface area (Å²) in [6.07, 6.45) is 1.60. The van der Waals surface area contributed by atoms with Crippen LogP contribution >= 0.6 is 15.9 Å². The summed E-state index contributed by atoms with van der Waals surface area (Å²) in [5.74, 6) is -0.203. The van der Waals surface area contributed by atoms with Crippen molar-refractivity contribution in [3.8, 4) is 5.88 Å². The third-order valence-electron chi connectivity index (χ3n) is 2.73. The van der Waals surface area contributed by atoms with Crippen LogP contribution < -0.4 is 15.4 Å². The minimum atomic E-state index is -0.459. The molecule has 2 aromatic heterocycles. The van der Waals surface area contributed by atoms with Gasteiger partial charge in [-0.2, -0.15) is 0 Å². The molecular weight excluding hydrogens is 354 g/mol. The van der Waals surface area contributed by atoms with Crippen molar-refractivity contribution in [3.63, 3.8) is 0 Å². The molecular formula is C14H14BrN3O4. The molecule has 0 saturated heterocycles. The van der Waals surface area contributed by atoms with Crippen LogP contribution in [0.2, 0.25) is 0 Å². The predicted octanol–water partition coefficient (Wildman–Crippen LogP) is 1.49. The number of pyridine rings is 1. The minimum absolute atomic E-state index is 0.133. The molecule has 7 nitrogen and oxygen atoms in total. The van der Waals surface area contributed by atoms with Crippen LogP contribution in [0.5, 0.6) is 5.88 Å². The van der Waals surface area contributed by atoms with E-state index in [0.29, 0.717) is 10.5 Å². The third kappa shape index (κ3) is 4.32. The van der Waals surface area contributed by atoms with Gasteiger partial charge in [0.05, 0.1) is 13.7 Å². The summed E-state index contributed by atoms with van der Waals surface area (Å²) >= 11 is 3.10. The number of amides is 2. The zero-order valence-electron chi connectivity index (χ0n) is 11.8. The zero-order chi connectivity index (χ0) is 15.9. The number of methoxy groups -OCH3 is 1. The highest BCUT2D eigenvalue weighted by Crippen LogP contribution is 2.14. The Morgan fingerprint density at radius 3 is 2.82 bits per heavy atom. The first kappa shape index (κ1) is 16.0. The first-order valence-corrected chi connectivity index (χ1v) is 7.17. The van der Waals surface area contributed by atoms with Gasteiger partial charge in [0.25, 0.3) is 5.91 Å². The van der Waals surface area contributed by atoms with E-state index in [0.717, 1.165) is 5.56 Å². The Kier molecular flexibility index (Phi) is 5.54. The van der Waals surface area contributed by atoms with E-state index in [1.54, 1.807) is 24.4 Å². The fourth-order valence-electron chi connectivity index (χ4n) is 1.68. The minimum Gasteiger partial charge on any atom is -0.481 e. The Balaban J connectivity index is 1.80. The van der Waals surface area contributed by atoms with E-state index in [4.69, 9.17) is 9.15 Å². The summed E-state index contributed by atoms with van der Waals surface area (Å²) in [5, 5.41) is 5.14. The molecule has 22 heavy (non-hydrogen) atoms. The molecule has 2 amide bonds. The van der Waals surface area contributed by atoms with Crippen molar-refractivity contribution >= 4 is 27.7 Å². The van der Waals surface area contributed by atoms with Crippen LogP contribution in [0.25, 0.3) is 0 Å². The molecule has 2 heterocycles. The number of hydrogen-bond donors (Lipinski definition) is 2. The molecule has 0 fully saturated rings. The van der Waals surface area contributed by atoms with E-state index >= 15 is 0 Å². The van der Waals surface area contributed by atoms with Gasteiger partial charge < -0.3 is 19.8 Å². The summed E-state index contributed by atoms with van der Waals surface area (Å²) < 4.78 is 10.6. The van der Waals surface area contributed by atoms with E-state index in [9.17, 15) is 9.59 Å². The number of nitrogens with zero attached hydrogens (tertiary/aromatic N) is 1. The average Bonchev–Trinajstić information content (AvgIpc) is 2.97. The van der Waals surface area contributed by atoms with Gasteiger partial charge in [-0.1, -0.05) is 6.07 Å². The highest BCUT2D eigenvalue weighted by atomic mass is 79.9. The lowest BCUT2D eigenvalue weighted by molar-refractivity contribution is -0.120. The maximum Gasteiger partial charge on any atom is 0.287 e. The van der Waals surface area contributed by atoms with Gasteiger partial charge in [0, 0.05) is 18.3 Å². The quantitative estimate of drug-likeness (QED) is 0.806. The Labute approximate surface area is 135 Å². The Morgan fingerprint density at radius 1 is 1.32 bits per heavy atom. The summed E-state index contributed by atoms with van der Waals surface area (Å²) in [5.41, 5.74) is 0.750. The van der Waals surface area contributed by atoms with Gasteiger partial charge in [-0.05, 0) is 34.1 Å². The smallest absolute Gasteiger partial charge is 0.287 e. The van der Waals surface area contributed by atoms with Gasteiger partial charge >= 0.3 is 0 Å². The molecule has 0 aliphatic rings. The molecule has 0 radical (unpaired) electrons. The molecule has 0 aliphatic heterocycles. The van der Waals surface area contributed by atoms with E-state index in [1.807, 2.05) is 0 Å². The van der Waals surface area contributed by atoms with Crippen molar-refractivity contribution in [2.75, 3.05) is 13.7 Å². The fourth-order valence-corrected chi connectivity index (χ4v) is 1.99. The topological polar surface area (TPSA) is 93.5 Å². The maximum atomic E-state index is 11.7. The second-order valence-corrected chi connectivity index (χ2v) is 5.02. The monoisotopic (exact) mass is 367 g/mol. The Hall–Kier alpha value is -2.35. The van der Waals surface area contributed by atoms with Gasteiger partial charge in [-0.15, -0.1) is 0 Å². The highest BCUT2D eigenvalue weighted by Gasteiger charge is 2.12. The van der Waals surface area contributed by atoms with Crippen LogP contribution in [-0.2, 0) is 11.3 Å².